The van der Waals surface area contributed by atoms with Crippen LogP contribution in [0.25, 0.3) is 0 Å². The van der Waals surface area contributed by atoms with E-state index in [-0.39, 0.29) is 12.4 Å². The van der Waals surface area contributed by atoms with Gasteiger partial charge in [0.15, 0.2) is 0 Å². The molecule has 2 aromatic rings. The van der Waals surface area contributed by atoms with Crippen molar-refractivity contribution in [2.75, 3.05) is 0 Å². The Hall–Kier alpha value is -2.43. The van der Waals surface area contributed by atoms with Gasteiger partial charge in [-0.15, -0.1) is 0 Å². The van der Waals surface area contributed by atoms with Gasteiger partial charge in [-0.2, -0.15) is 0 Å². The zero-order valence-electron chi connectivity index (χ0n) is 11.4. The first-order chi connectivity index (χ1) is 9.56. The summed E-state index contributed by atoms with van der Waals surface area (Å²) >= 11 is 0. The topological polar surface area (TPSA) is 64.4 Å². The van der Waals surface area contributed by atoms with Gasteiger partial charge in [-0.3, -0.25) is 4.99 Å². The lowest BCUT2D eigenvalue weighted by Crippen LogP contribution is -2.03. The largest absolute Gasteiger partial charge is 0.402 e. The summed E-state index contributed by atoms with van der Waals surface area (Å²) in [6.45, 7) is 3.77. The van der Waals surface area contributed by atoms with Crippen LogP contribution in [-0.4, -0.2) is 10.9 Å². The second kappa shape index (κ2) is 6.14. The van der Waals surface area contributed by atoms with E-state index in [2.05, 4.69) is 10.1 Å². The van der Waals surface area contributed by atoms with Gasteiger partial charge in [0, 0.05) is 17.3 Å². The SMILES string of the molecule is C/C(N)=C/C(=NCc1ccccc1F)c1cc(C)on1. The molecule has 1 aromatic carbocycles. The van der Waals surface area contributed by atoms with E-state index in [9.17, 15) is 4.39 Å². The molecule has 0 aliphatic heterocycles. The Labute approximate surface area is 116 Å². The number of allylic oxidation sites excluding steroid dienone is 2. The quantitative estimate of drug-likeness (QED) is 0.871. The van der Waals surface area contributed by atoms with Crippen LogP contribution < -0.4 is 5.73 Å². The lowest BCUT2D eigenvalue weighted by molar-refractivity contribution is 0.396. The summed E-state index contributed by atoms with van der Waals surface area (Å²) < 4.78 is 18.6. The van der Waals surface area contributed by atoms with Crippen molar-refractivity contribution >= 4 is 5.71 Å². The number of nitrogens with two attached hydrogens (primary N) is 1. The van der Waals surface area contributed by atoms with Crippen LogP contribution in [0.5, 0.6) is 0 Å². The Bertz CT molecular complexity index is 655. The monoisotopic (exact) mass is 273 g/mol. The van der Waals surface area contributed by atoms with Crippen molar-refractivity contribution in [3.63, 3.8) is 0 Å². The summed E-state index contributed by atoms with van der Waals surface area (Å²) in [6, 6.07) is 8.30. The van der Waals surface area contributed by atoms with E-state index in [1.165, 1.54) is 6.07 Å². The minimum Gasteiger partial charge on any atom is -0.402 e. The smallest absolute Gasteiger partial charge is 0.134 e. The fourth-order valence-electron chi connectivity index (χ4n) is 1.70. The van der Waals surface area contributed by atoms with Gasteiger partial charge in [0.1, 0.15) is 17.3 Å². The van der Waals surface area contributed by atoms with Crippen molar-refractivity contribution in [3.8, 4) is 0 Å². The minimum absolute atomic E-state index is 0.220. The first-order valence-electron chi connectivity index (χ1n) is 6.21. The van der Waals surface area contributed by atoms with Gasteiger partial charge in [-0.1, -0.05) is 23.4 Å². The fourth-order valence-corrected chi connectivity index (χ4v) is 1.70. The van der Waals surface area contributed by atoms with Gasteiger partial charge in [-0.05, 0) is 26.0 Å². The molecular weight excluding hydrogens is 257 g/mol. The molecule has 0 atom stereocenters. The zero-order chi connectivity index (χ0) is 14.5. The summed E-state index contributed by atoms with van der Waals surface area (Å²) in [5.74, 6) is 0.405. The van der Waals surface area contributed by atoms with E-state index >= 15 is 0 Å². The number of aromatic nitrogens is 1. The summed E-state index contributed by atoms with van der Waals surface area (Å²) in [5, 5.41) is 3.90. The van der Waals surface area contributed by atoms with E-state index in [4.69, 9.17) is 10.3 Å². The highest BCUT2D eigenvalue weighted by Gasteiger charge is 2.07. The summed E-state index contributed by atoms with van der Waals surface area (Å²) in [4.78, 5) is 4.38. The Morgan fingerprint density at radius 2 is 2.20 bits per heavy atom. The molecule has 0 saturated carbocycles. The average Bonchev–Trinajstić information content (AvgIpc) is 2.82. The van der Waals surface area contributed by atoms with Crippen LogP contribution in [0, 0.1) is 12.7 Å². The number of nitrogens with zero attached hydrogens (tertiary/aromatic N) is 2. The molecule has 2 N–H and O–H groups in total. The molecule has 0 spiro atoms. The number of rotatable bonds is 4. The molecule has 104 valence electrons. The molecule has 20 heavy (non-hydrogen) atoms. The predicted molar refractivity (Wildman–Crippen MR) is 75.8 cm³/mol. The van der Waals surface area contributed by atoms with Crippen LogP contribution in [0.1, 0.15) is 23.9 Å². The molecule has 0 amide bonds. The first kappa shape index (κ1) is 14.0. The zero-order valence-corrected chi connectivity index (χ0v) is 11.4. The third-order valence-electron chi connectivity index (χ3n) is 2.63. The van der Waals surface area contributed by atoms with Gasteiger partial charge < -0.3 is 10.3 Å². The lowest BCUT2D eigenvalue weighted by Gasteiger charge is -2.01. The molecule has 0 bridgehead atoms. The molecule has 0 aliphatic carbocycles. The van der Waals surface area contributed by atoms with Crippen LogP contribution in [-0.2, 0) is 6.54 Å². The summed E-state index contributed by atoms with van der Waals surface area (Å²) in [7, 11) is 0. The van der Waals surface area contributed by atoms with Crippen LogP contribution in [0.3, 0.4) is 0 Å². The molecule has 1 aromatic heterocycles. The molecule has 0 saturated heterocycles. The van der Waals surface area contributed by atoms with Crippen LogP contribution in [0.2, 0.25) is 0 Å². The molecule has 5 heteroatoms. The van der Waals surface area contributed by atoms with Gasteiger partial charge >= 0.3 is 0 Å². The third kappa shape index (κ3) is 3.54. The van der Waals surface area contributed by atoms with Gasteiger partial charge in [0.2, 0.25) is 0 Å². The van der Waals surface area contributed by atoms with E-state index in [0.29, 0.717) is 28.4 Å². The highest BCUT2D eigenvalue weighted by Crippen LogP contribution is 2.10. The van der Waals surface area contributed by atoms with Crippen molar-refractivity contribution < 1.29 is 8.91 Å². The normalized spacial score (nSPS) is 12.8. The standard InChI is InChI=1S/C15H16FN3O/c1-10(17)7-14(15-8-11(2)20-19-15)18-9-12-5-3-4-6-13(12)16/h3-8H,9,17H2,1-2H3/b10-7-,18-14?. The molecular formula is C15H16FN3O. The third-order valence-corrected chi connectivity index (χ3v) is 2.63. The molecule has 0 aliphatic rings. The Morgan fingerprint density at radius 3 is 2.80 bits per heavy atom. The second-order valence-corrected chi connectivity index (χ2v) is 4.50. The maximum Gasteiger partial charge on any atom is 0.134 e. The number of aliphatic imine (C=N–C) groups is 1. The van der Waals surface area contributed by atoms with Crippen molar-refractivity contribution in [2.45, 2.75) is 20.4 Å². The number of halogens is 1. The van der Waals surface area contributed by atoms with Crippen LogP contribution in [0.4, 0.5) is 4.39 Å². The van der Waals surface area contributed by atoms with Crippen molar-refractivity contribution in [3.05, 3.63) is 64.9 Å². The van der Waals surface area contributed by atoms with E-state index in [0.717, 1.165) is 0 Å². The number of aryl methyl sites for hydroxylation is 1. The maximum atomic E-state index is 13.6. The number of hydrogen-bond donors (Lipinski definition) is 1. The molecule has 0 fully saturated rings. The lowest BCUT2D eigenvalue weighted by atomic mass is 10.2. The minimum atomic E-state index is -0.277. The fraction of sp³-hybridized carbons (Fsp3) is 0.200. The highest BCUT2D eigenvalue weighted by atomic mass is 19.1. The molecule has 0 radical (unpaired) electrons. The van der Waals surface area contributed by atoms with Gasteiger partial charge in [-0.25, -0.2) is 4.39 Å². The molecule has 0 unspecified atom stereocenters. The Morgan fingerprint density at radius 1 is 1.45 bits per heavy atom. The summed E-state index contributed by atoms with van der Waals surface area (Å²) in [5.41, 5.74) is 7.96. The molecule has 4 nitrogen and oxygen atoms in total. The van der Waals surface area contributed by atoms with Gasteiger partial charge in [0.05, 0.1) is 12.3 Å². The maximum absolute atomic E-state index is 13.6. The predicted octanol–water partition coefficient (Wildman–Crippen LogP) is 2.97. The first-order valence-corrected chi connectivity index (χ1v) is 6.21. The van der Waals surface area contributed by atoms with E-state index in [1.54, 1.807) is 44.2 Å². The van der Waals surface area contributed by atoms with Gasteiger partial charge in [0.25, 0.3) is 0 Å². The summed E-state index contributed by atoms with van der Waals surface area (Å²) in [6.07, 6.45) is 1.69. The Kier molecular flexibility index (Phi) is 4.30. The average molecular weight is 273 g/mol. The van der Waals surface area contributed by atoms with Crippen molar-refractivity contribution in [2.24, 2.45) is 10.7 Å². The van der Waals surface area contributed by atoms with Crippen molar-refractivity contribution in [1.82, 2.24) is 5.16 Å². The van der Waals surface area contributed by atoms with Crippen molar-refractivity contribution in [1.29, 1.82) is 0 Å². The Balaban J connectivity index is 2.30. The van der Waals surface area contributed by atoms with Crippen LogP contribution in [0.15, 0.2) is 51.6 Å². The molecule has 2 rings (SSSR count). The number of benzene rings is 1. The second-order valence-electron chi connectivity index (χ2n) is 4.50. The molecule has 1 heterocycles. The number of hydrogen-bond acceptors (Lipinski definition) is 4. The van der Waals surface area contributed by atoms with E-state index in [1.807, 2.05) is 0 Å². The van der Waals surface area contributed by atoms with E-state index < -0.39 is 0 Å². The highest BCUT2D eigenvalue weighted by molar-refractivity contribution is 6.07. The van der Waals surface area contributed by atoms with Crippen LogP contribution >= 0.6 is 0 Å².